The van der Waals surface area contributed by atoms with Gasteiger partial charge < -0.3 is 15.5 Å². The lowest BCUT2D eigenvalue weighted by molar-refractivity contribution is -0.147. The highest BCUT2D eigenvalue weighted by molar-refractivity contribution is 6.36. The van der Waals surface area contributed by atoms with Crippen LogP contribution in [0.1, 0.15) is 139 Å². The summed E-state index contributed by atoms with van der Waals surface area (Å²) in [5.74, 6) is -2.23. The first kappa shape index (κ1) is 37.2. The SMILES string of the molecule is CCN1CCC(C(C)(C)CC(=O)C[C@H](C(=O)N2C[C@]3(C[C@H]2C(=O)CC(CC2CCC2)C(=O)C(N)=O)C(C)(C)C32CCC2)C(C)(C)C)CC1. The van der Waals surface area contributed by atoms with Crippen molar-refractivity contribution in [3.05, 3.63) is 0 Å². The molecule has 0 aromatic carbocycles. The summed E-state index contributed by atoms with van der Waals surface area (Å²) in [6.07, 6.45) is 10.3. The maximum Gasteiger partial charge on any atom is 0.285 e. The largest absolute Gasteiger partial charge is 0.363 e. The van der Waals surface area contributed by atoms with Crippen LogP contribution < -0.4 is 5.73 Å². The molecule has 5 aliphatic rings. The average molecular weight is 668 g/mol. The van der Waals surface area contributed by atoms with Crippen LogP contribution in [0.3, 0.4) is 0 Å². The number of Topliss-reactive ketones (excluding diaryl/α,β-unsaturated/α-hetero) is 3. The van der Waals surface area contributed by atoms with Crippen LogP contribution in [0.15, 0.2) is 0 Å². The first-order valence-corrected chi connectivity index (χ1v) is 19.2. The molecule has 5 fully saturated rings. The van der Waals surface area contributed by atoms with Crippen molar-refractivity contribution in [3.63, 3.8) is 0 Å². The highest BCUT2D eigenvalue weighted by atomic mass is 16.2. The number of nitrogens with zero attached hydrogens (tertiary/aromatic N) is 2. The van der Waals surface area contributed by atoms with Gasteiger partial charge in [0.15, 0.2) is 5.78 Å². The summed E-state index contributed by atoms with van der Waals surface area (Å²) < 4.78 is 0. The van der Waals surface area contributed by atoms with E-state index < -0.39 is 35.0 Å². The Balaban J connectivity index is 1.37. The number of likely N-dealkylation sites (tertiary alicyclic amines) is 2. The van der Waals surface area contributed by atoms with Crippen LogP contribution in [-0.2, 0) is 24.0 Å². The standard InChI is InChI=1S/C40H65N3O5/c1-9-42-18-14-28(15-19-42)37(5,6)23-29(44)22-30(36(2,3)4)35(48)43-25-40(38(7,8)39(40)16-11-17-39)24-31(43)32(45)21-27(33(46)34(41)47)20-26-12-10-13-26/h26-28,30-31H,9-25H2,1-8H3,(H2,41,47)/t27?,30-,31+,40-/m1/s1. The summed E-state index contributed by atoms with van der Waals surface area (Å²) in [4.78, 5) is 72.4. The molecule has 4 atom stereocenters. The topological polar surface area (TPSA) is 118 Å². The fraction of sp³-hybridized carbons (Fsp3) is 0.875. The maximum absolute atomic E-state index is 14.9. The third-order valence-electron chi connectivity index (χ3n) is 14.9. The second-order valence-electron chi connectivity index (χ2n) is 19.0. The smallest absolute Gasteiger partial charge is 0.285 e. The second-order valence-corrected chi connectivity index (χ2v) is 19.0. The van der Waals surface area contributed by atoms with Crippen LogP contribution >= 0.6 is 0 Å². The van der Waals surface area contributed by atoms with Gasteiger partial charge >= 0.3 is 0 Å². The molecule has 2 spiro atoms. The summed E-state index contributed by atoms with van der Waals surface area (Å²) >= 11 is 0. The summed E-state index contributed by atoms with van der Waals surface area (Å²) in [5, 5.41) is 0. The van der Waals surface area contributed by atoms with E-state index in [1.54, 1.807) is 0 Å². The van der Waals surface area contributed by atoms with Gasteiger partial charge in [-0.05, 0) is 91.7 Å². The lowest BCUT2D eigenvalue weighted by Crippen LogP contribution is -2.48. The van der Waals surface area contributed by atoms with E-state index in [1.807, 2.05) is 25.7 Å². The fourth-order valence-electron chi connectivity index (χ4n) is 11.1. The van der Waals surface area contributed by atoms with Crippen LogP contribution in [0, 0.1) is 50.7 Å². The Labute approximate surface area is 290 Å². The number of amides is 2. The molecule has 2 saturated heterocycles. The molecular formula is C40H65N3O5. The van der Waals surface area contributed by atoms with Gasteiger partial charge in [0, 0.05) is 43.1 Å². The van der Waals surface area contributed by atoms with Gasteiger partial charge in [-0.25, -0.2) is 0 Å². The number of ketones is 3. The van der Waals surface area contributed by atoms with E-state index in [1.165, 1.54) is 6.42 Å². The van der Waals surface area contributed by atoms with Gasteiger partial charge in [0.2, 0.25) is 11.7 Å². The molecule has 8 heteroatoms. The van der Waals surface area contributed by atoms with Gasteiger partial charge in [-0.1, -0.05) is 81.1 Å². The third kappa shape index (κ3) is 6.46. The van der Waals surface area contributed by atoms with Gasteiger partial charge in [0.05, 0.1) is 6.04 Å². The molecule has 2 aliphatic heterocycles. The lowest BCUT2D eigenvalue weighted by Gasteiger charge is -2.41. The molecule has 2 amide bonds. The Kier molecular flexibility index (Phi) is 10.2. The highest BCUT2D eigenvalue weighted by Gasteiger charge is 2.85. The third-order valence-corrected chi connectivity index (χ3v) is 14.9. The molecule has 8 nitrogen and oxygen atoms in total. The van der Waals surface area contributed by atoms with Crippen molar-refractivity contribution < 1.29 is 24.0 Å². The summed E-state index contributed by atoms with van der Waals surface area (Å²) in [7, 11) is 0. The zero-order chi connectivity index (χ0) is 35.4. The van der Waals surface area contributed by atoms with E-state index in [-0.39, 0.29) is 52.0 Å². The molecule has 5 rings (SSSR count). The first-order chi connectivity index (χ1) is 22.3. The van der Waals surface area contributed by atoms with Gasteiger partial charge in [0.1, 0.15) is 5.78 Å². The molecule has 0 aromatic rings. The summed E-state index contributed by atoms with van der Waals surface area (Å²) in [5.41, 5.74) is 4.84. The maximum atomic E-state index is 14.9. The van der Waals surface area contributed by atoms with Gasteiger partial charge in [-0.15, -0.1) is 0 Å². The van der Waals surface area contributed by atoms with Crippen LogP contribution in [0.2, 0.25) is 0 Å². The lowest BCUT2D eigenvalue weighted by atomic mass is 9.69. The molecule has 270 valence electrons. The van der Waals surface area contributed by atoms with Gasteiger partial charge in [-0.2, -0.15) is 0 Å². The molecule has 1 unspecified atom stereocenters. The van der Waals surface area contributed by atoms with Crippen molar-refractivity contribution >= 4 is 29.2 Å². The van der Waals surface area contributed by atoms with E-state index in [9.17, 15) is 24.0 Å². The van der Waals surface area contributed by atoms with Crippen molar-refractivity contribution in [2.24, 2.45) is 56.5 Å². The Hall–Kier alpha value is -2.09. The second kappa shape index (κ2) is 13.2. The molecule has 3 aliphatic carbocycles. The molecule has 0 bridgehead atoms. The van der Waals surface area contributed by atoms with E-state index in [0.29, 0.717) is 37.6 Å². The average Bonchev–Trinajstić information content (AvgIpc) is 3.19. The number of piperidine rings is 1. The molecule has 2 heterocycles. The zero-order valence-corrected chi connectivity index (χ0v) is 31.4. The monoisotopic (exact) mass is 667 g/mol. The molecule has 0 radical (unpaired) electrons. The van der Waals surface area contributed by atoms with Gasteiger partial charge in [-0.3, -0.25) is 24.0 Å². The number of hydrogen-bond acceptors (Lipinski definition) is 6. The minimum absolute atomic E-state index is 0.00457. The Morgan fingerprint density at radius 3 is 1.96 bits per heavy atom. The number of nitrogens with two attached hydrogens (primary N) is 1. The molecule has 48 heavy (non-hydrogen) atoms. The van der Waals surface area contributed by atoms with Crippen LogP contribution in [0.5, 0.6) is 0 Å². The minimum atomic E-state index is -0.982. The Morgan fingerprint density at radius 2 is 1.50 bits per heavy atom. The first-order valence-electron chi connectivity index (χ1n) is 19.2. The fourth-order valence-corrected chi connectivity index (χ4v) is 11.1. The van der Waals surface area contributed by atoms with Crippen molar-refractivity contribution in [1.82, 2.24) is 9.80 Å². The number of carbonyl (C=O) groups excluding carboxylic acids is 5. The molecule has 3 saturated carbocycles. The molecule has 2 N–H and O–H groups in total. The van der Waals surface area contributed by atoms with Crippen molar-refractivity contribution in [1.29, 1.82) is 0 Å². The zero-order valence-electron chi connectivity index (χ0n) is 31.4. The van der Waals surface area contributed by atoms with Crippen LogP contribution in [0.25, 0.3) is 0 Å². The number of primary amides is 1. The number of carbonyl (C=O) groups is 5. The van der Waals surface area contributed by atoms with Crippen molar-refractivity contribution in [2.75, 3.05) is 26.2 Å². The number of hydrogen-bond donors (Lipinski definition) is 1. The number of fused-ring (bicyclic) bond motifs is 1. The van der Waals surface area contributed by atoms with E-state index in [2.05, 4.69) is 39.5 Å². The quantitative estimate of drug-likeness (QED) is 0.215. The predicted molar refractivity (Wildman–Crippen MR) is 188 cm³/mol. The Morgan fingerprint density at radius 1 is 0.875 bits per heavy atom. The normalized spacial score (nSPS) is 28.5. The Bertz CT molecular complexity index is 1280. The predicted octanol–water partition coefficient (Wildman–Crippen LogP) is 6.37. The summed E-state index contributed by atoms with van der Waals surface area (Å²) in [6.45, 7) is 21.0. The van der Waals surface area contributed by atoms with Gasteiger partial charge in [0.25, 0.3) is 5.91 Å². The van der Waals surface area contributed by atoms with Crippen molar-refractivity contribution in [3.8, 4) is 0 Å². The van der Waals surface area contributed by atoms with Crippen molar-refractivity contribution in [2.45, 2.75) is 145 Å². The number of rotatable bonds is 14. The van der Waals surface area contributed by atoms with Crippen LogP contribution in [-0.4, -0.2) is 71.2 Å². The van der Waals surface area contributed by atoms with E-state index >= 15 is 0 Å². The van der Waals surface area contributed by atoms with E-state index in [4.69, 9.17) is 5.73 Å². The molecule has 0 aromatic heterocycles. The highest BCUT2D eigenvalue weighted by Crippen LogP contribution is 2.88. The minimum Gasteiger partial charge on any atom is -0.363 e. The van der Waals surface area contributed by atoms with Crippen LogP contribution in [0.4, 0.5) is 0 Å². The molecular weight excluding hydrogens is 602 g/mol. The summed E-state index contributed by atoms with van der Waals surface area (Å²) in [6, 6.07) is -0.651. The van der Waals surface area contributed by atoms with E-state index in [0.717, 1.165) is 64.6 Å².